The molecule has 0 radical (unpaired) electrons. The molecule has 0 spiro atoms. The van der Waals surface area contributed by atoms with Gasteiger partial charge in [-0.2, -0.15) is 0 Å². The van der Waals surface area contributed by atoms with Crippen molar-refractivity contribution in [3.05, 3.63) is 29.0 Å². The quantitative estimate of drug-likeness (QED) is 0.262. The van der Waals surface area contributed by atoms with Crippen LogP contribution in [0.2, 0.25) is 0 Å². The lowest BCUT2D eigenvalue weighted by atomic mass is 10.3. The number of imidazole rings is 1. The number of ether oxygens (including phenoxy) is 2. The van der Waals surface area contributed by atoms with Gasteiger partial charge in [-0.15, -0.1) is 0 Å². The van der Waals surface area contributed by atoms with Crippen LogP contribution < -0.4 is 0 Å². The molecule has 0 aliphatic rings. The van der Waals surface area contributed by atoms with E-state index < -0.39 is 31.7 Å². The highest BCUT2D eigenvalue weighted by Gasteiger charge is 2.10. The molecule has 13 heteroatoms. The Morgan fingerprint density at radius 3 is 1.57 bits per heavy atom. The van der Waals surface area contributed by atoms with E-state index in [4.69, 9.17) is 21.7 Å². The van der Waals surface area contributed by atoms with E-state index in [0.29, 0.717) is 4.77 Å². The SMILES string of the molecule is O=S(=O)([O-])CCCOCn1c(=S)n(COCCCS(=O)(=O)[O-])c2ccccc21. The summed E-state index contributed by atoms with van der Waals surface area (Å²) in [6.45, 7) is 0.311. The summed E-state index contributed by atoms with van der Waals surface area (Å²) < 4.78 is 78.2. The van der Waals surface area contributed by atoms with Gasteiger partial charge in [-0.05, 0) is 37.2 Å². The van der Waals surface area contributed by atoms with Crippen LogP contribution in [0.25, 0.3) is 11.0 Å². The van der Waals surface area contributed by atoms with Gasteiger partial charge >= 0.3 is 0 Å². The van der Waals surface area contributed by atoms with E-state index in [2.05, 4.69) is 0 Å². The van der Waals surface area contributed by atoms with E-state index in [9.17, 15) is 25.9 Å². The van der Waals surface area contributed by atoms with E-state index in [1.54, 1.807) is 9.13 Å². The molecule has 0 amide bonds. The summed E-state index contributed by atoms with van der Waals surface area (Å²) in [5.74, 6) is -0.986. The Balaban J connectivity index is 2.01. The Labute approximate surface area is 168 Å². The Hall–Kier alpha value is -1.35. The van der Waals surface area contributed by atoms with E-state index >= 15 is 0 Å². The molecule has 0 N–H and O–H groups in total. The van der Waals surface area contributed by atoms with Crippen molar-refractivity contribution in [2.75, 3.05) is 24.7 Å². The predicted molar refractivity (Wildman–Crippen MR) is 101 cm³/mol. The van der Waals surface area contributed by atoms with Crippen molar-refractivity contribution in [3.63, 3.8) is 0 Å². The third-order valence-corrected chi connectivity index (χ3v) is 5.75. The highest BCUT2D eigenvalue weighted by Crippen LogP contribution is 2.18. The van der Waals surface area contributed by atoms with Gasteiger partial charge in [0.1, 0.15) is 13.5 Å². The van der Waals surface area contributed by atoms with E-state index in [1.807, 2.05) is 24.3 Å². The second kappa shape index (κ2) is 9.91. The van der Waals surface area contributed by atoms with Crippen molar-refractivity contribution in [2.24, 2.45) is 0 Å². The number of benzene rings is 1. The number of hydrogen-bond acceptors (Lipinski definition) is 9. The topological polar surface area (TPSA) is 143 Å². The minimum absolute atomic E-state index is 0.0691. The summed E-state index contributed by atoms with van der Waals surface area (Å²) in [4.78, 5) is 0. The number of para-hydroxylation sites is 2. The molecule has 28 heavy (non-hydrogen) atoms. The van der Waals surface area contributed by atoms with Gasteiger partial charge in [0, 0.05) is 24.7 Å². The number of rotatable bonds is 12. The molecule has 2 rings (SSSR count). The lowest BCUT2D eigenvalue weighted by molar-refractivity contribution is 0.0686. The molecule has 0 fully saturated rings. The fourth-order valence-electron chi connectivity index (χ4n) is 2.51. The standard InChI is InChI=1S/C15H22N2O8S3/c18-27(19,20)9-3-7-24-11-16-13-5-1-2-6-14(13)17(15(16)26)12-25-8-4-10-28(21,22)23/h1-2,5-6H,3-4,7-12H2,(H,18,19,20)(H,21,22,23)/p-2. The highest BCUT2D eigenvalue weighted by atomic mass is 32.2. The van der Waals surface area contributed by atoms with Crippen LogP contribution >= 0.6 is 12.2 Å². The van der Waals surface area contributed by atoms with Gasteiger partial charge in [-0.1, -0.05) is 12.1 Å². The number of fused-ring (bicyclic) bond motifs is 1. The Morgan fingerprint density at radius 2 is 1.21 bits per heavy atom. The summed E-state index contributed by atoms with van der Waals surface area (Å²) in [5, 5.41) is 0. The van der Waals surface area contributed by atoms with Gasteiger partial charge in [0.15, 0.2) is 4.77 Å². The van der Waals surface area contributed by atoms with E-state index in [1.165, 1.54) is 0 Å². The fraction of sp³-hybridized carbons (Fsp3) is 0.533. The highest BCUT2D eigenvalue weighted by molar-refractivity contribution is 7.85. The maximum Gasteiger partial charge on any atom is 0.184 e. The van der Waals surface area contributed by atoms with Crippen LogP contribution in [0.15, 0.2) is 24.3 Å². The monoisotopic (exact) mass is 452 g/mol. The molecule has 0 saturated heterocycles. The van der Waals surface area contributed by atoms with Gasteiger partial charge in [0.2, 0.25) is 0 Å². The van der Waals surface area contributed by atoms with Crippen LogP contribution in [0.4, 0.5) is 0 Å². The number of hydrogen-bond donors (Lipinski definition) is 0. The lowest BCUT2D eigenvalue weighted by Crippen LogP contribution is -2.11. The average molecular weight is 453 g/mol. The summed E-state index contributed by atoms with van der Waals surface area (Å²) in [7, 11) is -8.54. The third kappa shape index (κ3) is 7.24. The zero-order chi connectivity index (χ0) is 20.8. The summed E-state index contributed by atoms with van der Waals surface area (Å²) in [5.41, 5.74) is 1.55. The van der Waals surface area contributed by atoms with Gasteiger partial charge < -0.3 is 18.6 Å². The first-order valence-corrected chi connectivity index (χ1v) is 11.9. The van der Waals surface area contributed by atoms with Crippen molar-refractivity contribution < 1.29 is 35.4 Å². The maximum atomic E-state index is 10.6. The molecular weight excluding hydrogens is 432 g/mol. The number of nitrogens with zero attached hydrogens (tertiary/aromatic N) is 2. The van der Waals surface area contributed by atoms with Crippen molar-refractivity contribution in [3.8, 4) is 0 Å². The van der Waals surface area contributed by atoms with Crippen LogP contribution in [0, 0.1) is 4.77 Å². The lowest BCUT2D eigenvalue weighted by Gasteiger charge is -2.09. The second-order valence-corrected chi connectivity index (χ2v) is 9.35. The normalized spacial score (nSPS) is 12.6. The molecule has 1 heterocycles. The molecule has 10 nitrogen and oxygen atoms in total. The van der Waals surface area contributed by atoms with Gasteiger partial charge in [0.25, 0.3) is 0 Å². The Bertz CT molecular complexity index is 975. The molecule has 0 aliphatic carbocycles. The minimum Gasteiger partial charge on any atom is -0.748 e. The Morgan fingerprint density at radius 1 is 0.821 bits per heavy atom. The first kappa shape index (κ1) is 22.9. The molecule has 0 aliphatic heterocycles. The molecule has 0 atom stereocenters. The van der Waals surface area contributed by atoms with Gasteiger partial charge in [0.05, 0.1) is 31.3 Å². The molecule has 1 aromatic carbocycles. The average Bonchev–Trinajstić information content (AvgIpc) is 2.84. The van der Waals surface area contributed by atoms with E-state index in [-0.39, 0.29) is 39.5 Å². The molecule has 0 saturated carbocycles. The smallest absolute Gasteiger partial charge is 0.184 e. The first-order chi connectivity index (χ1) is 13.1. The largest absolute Gasteiger partial charge is 0.748 e. The minimum atomic E-state index is -4.27. The van der Waals surface area contributed by atoms with E-state index in [0.717, 1.165) is 11.0 Å². The molecule has 0 unspecified atom stereocenters. The predicted octanol–water partition coefficient (Wildman–Crippen LogP) is 0.991. The van der Waals surface area contributed by atoms with Crippen molar-refractivity contribution in [2.45, 2.75) is 26.3 Å². The van der Waals surface area contributed by atoms with Crippen LogP contribution in [0.3, 0.4) is 0 Å². The van der Waals surface area contributed by atoms with Gasteiger partial charge in [-0.25, -0.2) is 16.8 Å². The van der Waals surface area contributed by atoms with Crippen LogP contribution in [-0.2, 0) is 43.2 Å². The number of aromatic nitrogens is 2. The Kier molecular flexibility index (Phi) is 8.12. The summed E-state index contributed by atoms with van der Waals surface area (Å²) in [6, 6.07) is 7.30. The molecule has 2 aromatic rings. The fourth-order valence-corrected chi connectivity index (χ4v) is 3.75. The summed E-state index contributed by atoms with van der Waals surface area (Å²) in [6.07, 6.45) is 0.174. The first-order valence-electron chi connectivity index (χ1n) is 8.29. The van der Waals surface area contributed by atoms with Crippen molar-refractivity contribution >= 4 is 43.5 Å². The van der Waals surface area contributed by atoms with Crippen LogP contribution in [0.1, 0.15) is 12.8 Å². The molecular formula is C15H20N2O8S3-2. The molecule has 158 valence electrons. The molecule has 1 aromatic heterocycles. The van der Waals surface area contributed by atoms with Crippen molar-refractivity contribution in [1.29, 1.82) is 0 Å². The second-order valence-electron chi connectivity index (χ2n) is 5.93. The zero-order valence-corrected chi connectivity index (χ0v) is 17.3. The van der Waals surface area contributed by atoms with Gasteiger partial charge in [-0.3, -0.25) is 9.13 Å². The maximum absolute atomic E-state index is 10.6. The zero-order valence-electron chi connectivity index (χ0n) is 14.9. The van der Waals surface area contributed by atoms with Crippen LogP contribution in [0.5, 0.6) is 0 Å². The van der Waals surface area contributed by atoms with Crippen LogP contribution in [-0.4, -0.2) is 59.8 Å². The summed E-state index contributed by atoms with van der Waals surface area (Å²) >= 11 is 5.44. The molecule has 0 bridgehead atoms. The van der Waals surface area contributed by atoms with Crippen molar-refractivity contribution in [1.82, 2.24) is 9.13 Å². The third-order valence-electron chi connectivity index (χ3n) is 3.73.